The quantitative estimate of drug-likeness (QED) is 0.796. The lowest BCUT2D eigenvalue weighted by atomic mass is 9.59. The maximum Gasteiger partial charge on any atom is 0.155 e. The van der Waals surface area contributed by atoms with Crippen LogP contribution in [-0.2, 0) is 23.1 Å². The minimum atomic E-state index is -0.169. The summed E-state index contributed by atoms with van der Waals surface area (Å²) in [6.45, 7) is 0. The number of allylic oxidation sites excluding steroid dienone is 2. The predicted octanol–water partition coefficient (Wildman–Crippen LogP) is 4.54. The molecule has 0 unspecified atom stereocenters. The zero-order chi connectivity index (χ0) is 15.9. The summed E-state index contributed by atoms with van der Waals surface area (Å²) in [6, 6.07) is 15.6. The number of carbonyl (C=O) groups is 1. The van der Waals surface area contributed by atoms with Crippen LogP contribution in [0.5, 0.6) is 0 Å². The zero-order valence-electron chi connectivity index (χ0n) is 13.0. The van der Waals surface area contributed by atoms with Gasteiger partial charge in [-0.15, -0.1) is 0 Å². The maximum atomic E-state index is 13.7. The Morgan fingerprint density at radius 2 is 1.83 bits per heavy atom. The largest absolute Gasteiger partial charge is 0.295 e. The molecule has 2 aromatic rings. The second kappa shape index (κ2) is 5.45. The fraction of sp³-hybridized carbons (Fsp3) is 0.286. The molecule has 0 fully saturated rings. The van der Waals surface area contributed by atoms with Crippen molar-refractivity contribution in [3.05, 3.63) is 82.7 Å². The summed E-state index contributed by atoms with van der Waals surface area (Å²) in [5.74, 6) is 0.0622. The number of benzene rings is 2. The summed E-state index contributed by atoms with van der Waals surface area (Å²) in [5.41, 5.74) is 4.68. The number of aryl methyl sites for hydroxylation is 1. The van der Waals surface area contributed by atoms with Crippen molar-refractivity contribution in [2.45, 2.75) is 37.5 Å². The molecule has 1 atom stereocenters. The molecule has 0 aromatic heterocycles. The van der Waals surface area contributed by atoms with Crippen molar-refractivity contribution in [2.24, 2.45) is 0 Å². The first-order chi connectivity index (χ1) is 11.2. The molecular weight excluding hydrogens is 287 g/mol. The van der Waals surface area contributed by atoms with Crippen LogP contribution in [0.1, 0.15) is 36.0 Å². The summed E-state index contributed by atoms with van der Waals surface area (Å²) in [7, 11) is 0. The van der Waals surface area contributed by atoms with Gasteiger partial charge < -0.3 is 0 Å². The summed E-state index contributed by atoms with van der Waals surface area (Å²) in [5, 5.41) is 0. The lowest BCUT2D eigenvalue weighted by Gasteiger charge is -2.44. The van der Waals surface area contributed by atoms with Crippen LogP contribution in [0.4, 0.5) is 4.39 Å². The third-order valence-electron chi connectivity index (χ3n) is 5.34. The van der Waals surface area contributed by atoms with Crippen molar-refractivity contribution in [1.29, 1.82) is 0 Å². The number of carbonyl (C=O) groups excluding carboxylic acids is 1. The highest BCUT2D eigenvalue weighted by atomic mass is 19.1. The van der Waals surface area contributed by atoms with Crippen LogP contribution < -0.4 is 0 Å². The van der Waals surface area contributed by atoms with E-state index in [1.165, 1.54) is 16.7 Å². The Kier molecular flexibility index (Phi) is 3.41. The van der Waals surface area contributed by atoms with Gasteiger partial charge in [-0.3, -0.25) is 4.79 Å². The first-order valence-electron chi connectivity index (χ1n) is 8.24. The first-order valence-corrected chi connectivity index (χ1v) is 8.24. The molecule has 1 nitrogen and oxygen atoms in total. The normalized spacial score (nSPS) is 23.0. The van der Waals surface area contributed by atoms with Gasteiger partial charge in [0.1, 0.15) is 5.82 Å². The van der Waals surface area contributed by atoms with E-state index in [2.05, 4.69) is 24.3 Å². The minimum Gasteiger partial charge on any atom is -0.295 e. The molecule has 2 aliphatic carbocycles. The van der Waals surface area contributed by atoms with Crippen LogP contribution in [0.3, 0.4) is 0 Å². The number of hydrogen-bond donors (Lipinski definition) is 0. The lowest BCUT2D eigenvalue weighted by molar-refractivity contribution is -0.115. The second-order valence-electron chi connectivity index (χ2n) is 6.68. The fourth-order valence-electron chi connectivity index (χ4n) is 4.27. The van der Waals surface area contributed by atoms with Crippen molar-refractivity contribution >= 4 is 5.78 Å². The van der Waals surface area contributed by atoms with E-state index in [0.29, 0.717) is 6.42 Å². The van der Waals surface area contributed by atoms with Gasteiger partial charge in [-0.1, -0.05) is 42.0 Å². The fourth-order valence-corrected chi connectivity index (χ4v) is 4.27. The molecule has 0 spiro atoms. The highest BCUT2D eigenvalue weighted by molar-refractivity contribution is 5.92. The van der Waals surface area contributed by atoms with Crippen LogP contribution in [0, 0.1) is 5.82 Å². The molecule has 2 aliphatic rings. The van der Waals surface area contributed by atoms with E-state index in [1.807, 2.05) is 18.2 Å². The Balaban J connectivity index is 1.88. The average molecular weight is 306 g/mol. The predicted molar refractivity (Wildman–Crippen MR) is 88.9 cm³/mol. The number of hydrogen-bond acceptors (Lipinski definition) is 1. The Morgan fingerprint density at radius 1 is 1.00 bits per heavy atom. The van der Waals surface area contributed by atoms with Gasteiger partial charge in [-0.2, -0.15) is 0 Å². The Morgan fingerprint density at radius 3 is 2.65 bits per heavy atom. The molecule has 0 radical (unpaired) electrons. The molecule has 0 heterocycles. The van der Waals surface area contributed by atoms with Gasteiger partial charge in [0.15, 0.2) is 5.78 Å². The van der Waals surface area contributed by atoms with E-state index >= 15 is 0 Å². The third-order valence-corrected chi connectivity index (χ3v) is 5.34. The highest BCUT2D eigenvalue weighted by Crippen LogP contribution is 2.48. The van der Waals surface area contributed by atoms with E-state index in [1.54, 1.807) is 12.1 Å². The number of rotatable bonds is 2. The first kappa shape index (κ1) is 14.4. The lowest BCUT2D eigenvalue weighted by Crippen LogP contribution is -2.39. The highest BCUT2D eigenvalue weighted by Gasteiger charge is 2.42. The van der Waals surface area contributed by atoms with Crippen LogP contribution in [0.15, 0.2) is 60.2 Å². The van der Waals surface area contributed by atoms with Gasteiger partial charge in [0.25, 0.3) is 0 Å². The van der Waals surface area contributed by atoms with E-state index < -0.39 is 0 Å². The van der Waals surface area contributed by atoms with Crippen LogP contribution >= 0.6 is 0 Å². The van der Waals surface area contributed by atoms with E-state index in [4.69, 9.17) is 0 Å². The van der Waals surface area contributed by atoms with Gasteiger partial charge in [-0.05, 0) is 60.6 Å². The molecule has 2 aromatic carbocycles. The van der Waals surface area contributed by atoms with E-state index in [9.17, 15) is 9.18 Å². The summed E-state index contributed by atoms with van der Waals surface area (Å²) in [4.78, 5) is 11.9. The van der Waals surface area contributed by atoms with Crippen molar-refractivity contribution in [1.82, 2.24) is 0 Å². The zero-order valence-corrected chi connectivity index (χ0v) is 13.0. The maximum absolute atomic E-state index is 13.7. The van der Waals surface area contributed by atoms with E-state index in [-0.39, 0.29) is 17.0 Å². The third kappa shape index (κ3) is 2.42. The van der Waals surface area contributed by atoms with Crippen LogP contribution in [-0.4, -0.2) is 5.78 Å². The van der Waals surface area contributed by atoms with Gasteiger partial charge in [0.05, 0.1) is 0 Å². The molecular formula is C21H19FO. The van der Waals surface area contributed by atoms with E-state index in [0.717, 1.165) is 31.2 Å². The monoisotopic (exact) mass is 306 g/mol. The van der Waals surface area contributed by atoms with Gasteiger partial charge in [0.2, 0.25) is 0 Å². The molecule has 116 valence electrons. The Labute approximate surface area is 135 Å². The van der Waals surface area contributed by atoms with Crippen LogP contribution in [0.25, 0.3) is 0 Å². The average Bonchev–Trinajstić information content (AvgIpc) is 2.56. The molecule has 0 saturated carbocycles. The van der Waals surface area contributed by atoms with Crippen molar-refractivity contribution in [2.75, 3.05) is 0 Å². The van der Waals surface area contributed by atoms with Crippen molar-refractivity contribution < 1.29 is 9.18 Å². The number of fused-ring (bicyclic) bond motifs is 3. The smallest absolute Gasteiger partial charge is 0.155 e. The van der Waals surface area contributed by atoms with Crippen LogP contribution in [0.2, 0.25) is 0 Å². The molecule has 0 aliphatic heterocycles. The van der Waals surface area contributed by atoms with Gasteiger partial charge in [-0.25, -0.2) is 4.39 Å². The summed E-state index contributed by atoms with van der Waals surface area (Å²) in [6.07, 6.45) is 5.82. The summed E-state index contributed by atoms with van der Waals surface area (Å²) >= 11 is 0. The van der Waals surface area contributed by atoms with Gasteiger partial charge >= 0.3 is 0 Å². The molecule has 0 saturated heterocycles. The Hall–Kier alpha value is -2.22. The molecule has 2 heteroatoms. The standard InChI is InChI=1S/C21H19FO/c22-18-8-9-20-16(12-18)6-7-17-13-19(23)10-11-21(17,20)14-15-4-2-1-3-5-15/h1-5,8-9,12-13H,6-7,10-11,14H2/t21-/m0/s1. The molecule has 23 heavy (non-hydrogen) atoms. The number of ketones is 1. The molecule has 0 amide bonds. The minimum absolute atomic E-state index is 0.142. The molecule has 0 bridgehead atoms. The van der Waals surface area contributed by atoms with Crippen molar-refractivity contribution in [3.8, 4) is 0 Å². The molecule has 0 N–H and O–H groups in total. The van der Waals surface area contributed by atoms with Gasteiger partial charge in [0, 0.05) is 11.8 Å². The van der Waals surface area contributed by atoms with Crippen molar-refractivity contribution in [3.63, 3.8) is 0 Å². The number of halogens is 1. The Bertz CT molecular complexity index is 791. The summed E-state index contributed by atoms with van der Waals surface area (Å²) < 4.78 is 13.7. The molecule has 4 rings (SSSR count). The topological polar surface area (TPSA) is 17.1 Å². The SMILES string of the molecule is O=C1C=C2CCc3cc(F)ccc3[C@]2(Cc2ccccc2)CC1. The second-order valence-corrected chi connectivity index (χ2v) is 6.68.